The normalized spacial score (nSPS) is 19.0. The highest BCUT2D eigenvalue weighted by molar-refractivity contribution is 9.10. The first kappa shape index (κ1) is 22.6. The van der Waals surface area contributed by atoms with Crippen LogP contribution >= 0.6 is 15.9 Å². The number of amidine groups is 1. The summed E-state index contributed by atoms with van der Waals surface area (Å²) in [5, 5.41) is 11.6. The van der Waals surface area contributed by atoms with Crippen molar-refractivity contribution in [3.8, 4) is 11.5 Å². The number of halogens is 1. The molecule has 2 unspecified atom stereocenters. The number of hydrogen-bond donors (Lipinski definition) is 0. The van der Waals surface area contributed by atoms with Crippen LogP contribution in [0.4, 0.5) is 0 Å². The average molecular weight is 538 g/mol. The predicted molar refractivity (Wildman–Crippen MR) is 145 cm³/mol. The van der Waals surface area contributed by atoms with E-state index in [-0.39, 0.29) is 12.1 Å². The minimum Gasteiger partial charge on any atom is -0.457 e. The number of nitrogens with zero attached hydrogens (tertiary/aromatic N) is 3. The Bertz CT molecular complexity index is 1410. The summed E-state index contributed by atoms with van der Waals surface area (Å²) in [5.41, 5.74) is 4.39. The molecular formula is C30H24BrN3O2. The van der Waals surface area contributed by atoms with Gasteiger partial charge in [-0.15, -0.1) is 0 Å². The highest BCUT2D eigenvalue weighted by atomic mass is 79.9. The Labute approximate surface area is 218 Å². The molecule has 0 saturated carbocycles. The fraction of sp³-hybridized carbons (Fsp3) is 0.133. The van der Waals surface area contributed by atoms with Crippen LogP contribution in [0.15, 0.2) is 124 Å². The summed E-state index contributed by atoms with van der Waals surface area (Å²) in [5.74, 6) is 2.40. The quantitative estimate of drug-likeness (QED) is 0.260. The van der Waals surface area contributed by atoms with Gasteiger partial charge in [-0.25, -0.2) is 5.01 Å². The Morgan fingerprint density at radius 2 is 1.44 bits per heavy atom. The van der Waals surface area contributed by atoms with Gasteiger partial charge in [-0.1, -0.05) is 93.9 Å². The molecule has 2 aliphatic heterocycles. The van der Waals surface area contributed by atoms with Crippen LogP contribution < -0.4 is 4.74 Å². The molecule has 0 aromatic heterocycles. The molecule has 0 saturated heterocycles. The van der Waals surface area contributed by atoms with E-state index in [1.165, 1.54) is 5.56 Å². The second kappa shape index (κ2) is 9.99. The fourth-order valence-corrected chi connectivity index (χ4v) is 4.85. The van der Waals surface area contributed by atoms with Crippen molar-refractivity contribution < 1.29 is 9.57 Å². The summed E-state index contributed by atoms with van der Waals surface area (Å²) in [7, 11) is 0. The lowest BCUT2D eigenvalue weighted by Crippen LogP contribution is -2.26. The van der Waals surface area contributed by atoms with Gasteiger partial charge in [-0.3, -0.25) is 0 Å². The van der Waals surface area contributed by atoms with Crippen molar-refractivity contribution in [2.45, 2.75) is 25.0 Å². The minimum absolute atomic E-state index is 0.0682. The topological polar surface area (TPSA) is 46.4 Å². The van der Waals surface area contributed by atoms with Crippen molar-refractivity contribution in [3.05, 3.63) is 130 Å². The molecule has 178 valence electrons. The van der Waals surface area contributed by atoms with Gasteiger partial charge in [-0.05, 0) is 53.1 Å². The van der Waals surface area contributed by atoms with Gasteiger partial charge in [0.05, 0.1) is 18.2 Å². The molecule has 0 N–H and O–H groups in total. The number of hydrazone groups is 1. The molecule has 4 aromatic carbocycles. The highest BCUT2D eigenvalue weighted by Gasteiger charge is 2.36. The van der Waals surface area contributed by atoms with Gasteiger partial charge < -0.3 is 9.57 Å². The van der Waals surface area contributed by atoms with E-state index in [9.17, 15) is 0 Å². The summed E-state index contributed by atoms with van der Waals surface area (Å²) < 4.78 is 7.07. The first-order valence-electron chi connectivity index (χ1n) is 12.0. The van der Waals surface area contributed by atoms with E-state index in [4.69, 9.17) is 14.7 Å². The van der Waals surface area contributed by atoms with Crippen LogP contribution in [-0.2, 0) is 4.84 Å². The largest absolute Gasteiger partial charge is 0.457 e. The lowest BCUT2D eigenvalue weighted by Gasteiger charge is -2.22. The summed E-state index contributed by atoms with van der Waals surface area (Å²) >= 11 is 3.53. The van der Waals surface area contributed by atoms with Gasteiger partial charge in [0.2, 0.25) is 0 Å². The summed E-state index contributed by atoms with van der Waals surface area (Å²) in [6.45, 7) is 0. The zero-order chi connectivity index (χ0) is 24.3. The van der Waals surface area contributed by atoms with E-state index in [0.717, 1.165) is 45.1 Å². The van der Waals surface area contributed by atoms with E-state index in [1.54, 1.807) is 0 Å². The smallest absolute Gasteiger partial charge is 0.169 e. The van der Waals surface area contributed by atoms with Crippen LogP contribution in [-0.4, -0.2) is 16.6 Å². The zero-order valence-electron chi connectivity index (χ0n) is 19.5. The van der Waals surface area contributed by atoms with Crippen molar-refractivity contribution in [3.63, 3.8) is 0 Å². The number of oxime groups is 1. The fourth-order valence-electron chi connectivity index (χ4n) is 4.58. The van der Waals surface area contributed by atoms with E-state index in [2.05, 4.69) is 75.7 Å². The highest BCUT2D eigenvalue weighted by Crippen LogP contribution is 2.38. The molecular weight excluding hydrogens is 514 g/mol. The number of rotatable bonds is 5. The van der Waals surface area contributed by atoms with Gasteiger partial charge in [0.1, 0.15) is 11.5 Å². The molecule has 2 aliphatic rings. The van der Waals surface area contributed by atoms with Crippen LogP contribution in [0.5, 0.6) is 11.5 Å². The second-order valence-corrected chi connectivity index (χ2v) is 9.74. The van der Waals surface area contributed by atoms with Crippen molar-refractivity contribution in [2.24, 2.45) is 10.3 Å². The van der Waals surface area contributed by atoms with Crippen LogP contribution in [0.3, 0.4) is 0 Å². The molecule has 4 aromatic rings. The molecule has 0 spiro atoms. The molecule has 2 atom stereocenters. The third-order valence-electron chi connectivity index (χ3n) is 6.40. The third kappa shape index (κ3) is 4.77. The Balaban J connectivity index is 1.24. The van der Waals surface area contributed by atoms with E-state index in [0.29, 0.717) is 6.42 Å². The monoisotopic (exact) mass is 537 g/mol. The standard InChI is InChI=1S/C30H24BrN3O2/c31-24-16-14-21(15-17-24)27-19-28(22-8-3-1-4-9-22)34(32-27)30-20-29(36-33-30)23-10-7-13-26(18-23)35-25-11-5-2-6-12-25/h1-18,28-29H,19-20H2. The predicted octanol–water partition coefficient (Wildman–Crippen LogP) is 7.87. The summed E-state index contributed by atoms with van der Waals surface area (Å²) in [6.07, 6.45) is 1.24. The van der Waals surface area contributed by atoms with Crippen LogP contribution in [0, 0.1) is 0 Å². The third-order valence-corrected chi connectivity index (χ3v) is 6.93. The van der Waals surface area contributed by atoms with Crippen molar-refractivity contribution in [1.29, 1.82) is 0 Å². The molecule has 0 aliphatic carbocycles. The minimum atomic E-state index is -0.192. The molecule has 6 rings (SSSR count). The van der Waals surface area contributed by atoms with Gasteiger partial charge in [0.15, 0.2) is 11.9 Å². The number of benzene rings is 4. The Morgan fingerprint density at radius 1 is 0.750 bits per heavy atom. The first-order chi connectivity index (χ1) is 17.7. The average Bonchev–Trinajstić information content (AvgIpc) is 3.59. The molecule has 2 heterocycles. The van der Waals surface area contributed by atoms with E-state index < -0.39 is 0 Å². The Kier molecular flexibility index (Phi) is 6.26. The van der Waals surface area contributed by atoms with Crippen molar-refractivity contribution in [1.82, 2.24) is 5.01 Å². The van der Waals surface area contributed by atoms with Gasteiger partial charge in [0, 0.05) is 10.9 Å². The molecule has 0 bridgehead atoms. The van der Waals surface area contributed by atoms with Crippen LogP contribution in [0.25, 0.3) is 0 Å². The molecule has 36 heavy (non-hydrogen) atoms. The number of ether oxygens (including phenoxy) is 1. The second-order valence-electron chi connectivity index (χ2n) is 8.82. The summed E-state index contributed by atoms with van der Waals surface area (Å²) in [6, 6.07) is 36.6. The molecule has 0 radical (unpaired) electrons. The van der Waals surface area contributed by atoms with E-state index in [1.807, 2.05) is 59.6 Å². The van der Waals surface area contributed by atoms with Gasteiger partial charge >= 0.3 is 0 Å². The maximum atomic E-state index is 6.02. The lowest BCUT2D eigenvalue weighted by molar-refractivity contribution is 0.0853. The van der Waals surface area contributed by atoms with Crippen molar-refractivity contribution >= 4 is 27.5 Å². The van der Waals surface area contributed by atoms with Crippen LogP contribution in [0.2, 0.25) is 0 Å². The van der Waals surface area contributed by atoms with Crippen molar-refractivity contribution in [2.75, 3.05) is 0 Å². The molecule has 5 nitrogen and oxygen atoms in total. The Morgan fingerprint density at radius 3 is 2.22 bits per heavy atom. The number of para-hydroxylation sites is 1. The maximum Gasteiger partial charge on any atom is 0.169 e. The first-order valence-corrected chi connectivity index (χ1v) is 12.8. The zero-order valence-corrected chi connectivity index (χ0v) is 21.1. The van der Waals surface area contributed by atoms with Gasteiger partial charge in [0.25, 0.3) is 0 Å². The van der Waals surface area contributed by atoms with Gasteiger partial charge in [-0.2, -0.15) is 5.10 Å². The lowest BCUT2D eigenvalue weighted by atomic mass is 9.98. The number of hydrogen-bond acceptors (Lipinski definition) is 5. The molecule has 0 amide bonds. The maximum absolute atomic E-state index is 6.02. The van der Waals surface area contributed by atoms with Crippen LogP contribution in [0.1, 0.15) is 41.7 Å². The van der Waals surface area contributed by atoms with E-state index >= 15 is 0 Å². The molecule has 6 heteroatoms. The Hall–Kier alpha value is -3.90. The molecule has 0 fully saturated rings. The summed E-state index contributed by atoms with van der Waals surface area (Å²) in [4.78, 5) is 5.93. The SMILES string of the molecule is Brc1ccc(C2=NN(C3=NOC(c4cccc(Oc5ccccc5)c4)C3)C(c3ccccc3)C2)cc1.